The van der Waals surface area contributed by atoms with Gasteiger partial charge in [0.1, 0.15) is 5.75 Å². The predicted molar refractivity (Wildman–Crippen MR) is 77.5 cm³/mol. The minimum atomic E-state index is 0.0124. The third-order valence-corrected chi connectivity index (χ3v) is 3.40. The number of carbonyl (C=O) groups is 1. The molecule has 1 fully saturated rings. The van der Waals surface area contributed by atoms with Crippen LogP contribution < -0.4 is 15.8 Å². The van der Waals surface area contributed by atoms with Gasteiger partial charge in [-0.05, 0) is 30.9 Å². The largest absolute Gasteiger partial charge is 0.491 e. The molecule has 1 unspecified atom stereocenters. The lowest BCUT2D eigenvalue weighted by atomic mass is 10.1. The summed E-state index contributed by atoms with van der Waals surface area (Å²) in [6, 6.07) is 7.28. The number of nitrogens with two attached hydrogens (primary N) is 1. The Labute approximate surface area is 119 Å². The SMILES string of the molecule is Nc1ccccc1OCCC(=O)NCCC1CCOC1. The fourth-order valence-electron chi connectivity index (χ4n) is 2.18. The van der Waals surface area contributed by atoms with Gasteiger partial charge in [-0.15, -0.1) is 0 Å². The molecule has 0 radical (unpaired) electrons. The Morgan fingerprint density at radius 1 is 1.45 bits per heavy atom. The summed E-state index contributed by atoms with van der Waals surface area (Å²) in [5.74, 6) is 1.23. The van der Waals surface area contributed by atoms with Gasteiger partial charge in [-0.3, -0.25) is 4.79 Å². The number of anilines is 1. The van der Waals surface area contributed by atoms with Gasteiger partial charge < -0.3 is 20.5 Å². The average molecular weight is 278 g/mol. The summed E-state index contributed by atoms with van der Waals surface area (Å²) in [6.07, 6.45) is 2.43. The monoisotopic (exact) mass is 278 g/mol. The van der Waals surface area contributed by atoms with Gasteiger partial charge in [0.25, 0.3) is 0 Å². The van der Waals surface area contributed by atoms with Crippen LogP contribution in [0.5, 0.6) is 5.75 Å². The van der Waals surface area contributed by atoms with Gasteiger partial charge in [-0.1, -0.05) is 12.1 Å². The Balaban J connectivity index is 1.57. The maximum Gasteiger partial charge on any atom is 0.223 e. The van der Waals surface area contributed by atoms with Crippen LogP contribution in [0.25, 0.3) is 0 Å². The first-order valence-electron chi connectivity index (χ1n) is 7.07. The summed E-state index contributed by atoms with van der Waals surface area (Å²) in [6.45, 7) is 2.73. The molecule has 0 saturated carbocycles. The van der Waals surface area contributed by atoms with Crippen molar-refractivity contribution in [2.45, 2.75) is 19.3 Å². The molecule has 0 aliphatic carbocycles. The van der Waals surface area contributed by atoms with E-state index in [1.807, 2.05) is 12.1 Å². The molecule has 5 nitrogen and oxygen atoms in total. The molecule has 0 bridgehead atoms. The molecular formula is C15H22N2O3. The van der Waals surface area contributed by atoms with E-state index in [-0.39, 0.29) is 5.91 Å². The Morgan fingerprint density at radius 2 is 2.30 bits per heavy atom. The molecule has 1 heterocycles. The molecule has 1 aliphatic rings. The highest BCUT2D eigenvalue weighted by molar-refractivity contribution is 5.75. The van der Waals surface area contributed by atoms with E-state index in [2.05, 4.69) is 5.32 Å². The first-order valence-corrected chi connectivity index (χ1v) is 7.07. The highest BCUT2D eigenvalue weighted by Gasteiger charge is 2.15. The molecule has 2 rings (SSSR count). The lowest BCUT2D eigenvalue weighted by Crippen LogP contribution is -2.27. The molecule has 1 amide bonds. The second-order valence-electron chi connectivity index (χ2n) is 5.00. The number of nitrogen functional groups attached to an aromatic ring is 1. The summed E-state index contributed by atoms with van der Waals surface area (Å²) in [5, 5.41) is 2.90. The maximum absolute atomic E-state index is 11.6. The van der Waals surface area contributed by atoms with E-state index >= 15 is 0 Å². The Morgan fingerprint density at radius 3 is 3.05 bits per heavy atom. The smallest absolute Gasteiger partial charge is 0.223 e. The molecule has 5 heteroatoms. The van der Waals surface area contributed by atoms with Crippen molar-refractivity contribution in [3.8, 4) is 5.75 Å². The summed E-state index contributed by atoms with van der Waals surface area (Å²) in [5.41, 5.74) is 6.34. The first-order chi connectivity index (χ1) is 9.75. The number of carbonyl (C=O) groups excluding carboxylic acids is 1. The van der Waals surface area contributed by atoms with Crippen LogP contribution in [0.4, 0.5) is 5.69 Å². The Bertz CT molecular complexity index is 431. The van der Waals surface area contributed by atoms with Gasteiger partial charge in [0.2, 0.25) is 5.91 Å². The topological polar surface area (TPSA) is 73.6 Å². The molecule has 0 aromatic heterocycles. The van der Waals surface area contributed by atoms with E-state index in [9.17, 15) is 4.79 Å². The number of amides is 1. The fraction of sp³-hybridized carbons (Fsp3) is 0.533. The summed E-state index contributed by atoms with van der Waals surface area (Å²) in [4.78, 5) is 11.6. The molecule has 20 heavy (non-hydrogen) atoms. The normalized spacial score (nSPS) is 17.9. The van der Waals surface area contributed by atoms with Gasteiger partial charge in [-0.25, -0.2) is 0 Å². The van der Waals surface area contributed by atoms with E-state index < -0.39 is 0 Å². The van der Waals surface area contributed by atoms with Crippen molar-refractivity contribution < 1.29 is 14.3 Å². The van der Waals surface area contributed by atoms with Crippen molar-refractivity contribution in [3.05, 3.63) is 24.3 Å². The fourth-order valence-corrected chi connectivity index (χ4v) is 2.18. The van der Waals surface area contributed by atoms with Crippen LogP contribution in [-0.2, 0) is 9.53 Å². The number of hydrogen-bond acceptors (Lipinski definition) is 4. The zero-order valence-electron chi connectivity index (χ0n) is 11.6. The third kappa shape index (κ3) is 4.74. The number of rotatable bonds is 7. The van der Waals surface area contributed by atoms with Crippen molar-refractivity contribution >= 4 is 11.6 Å². The maximum atomic E-state index is 11.6. The van der Waals surface area contributed by atoms with Crippen LogP contribution in [0.3, 0.4) is 0 Å². The minimum absolute atomic E-state index is 0.0124. The summed E-state index contributed by atoms with van der Waals surface area (Å²) < 4.78 is 10.8. The number of ether oxygens (including phenoxy) is 2. The van der Waals surface area contributed by atoms with Crippen LogP contribution in [0.2, 0.25) is 0 Å². The van der Waals surface area contributed by atoms with Crippen molar-refractivity contribution in [1.29, 1.82) is 0 Å². The molecule has 3 N–H and O–H groups in total. The van der Waals surface area contributed by atoms with Gasteiger partial charge in [0.15, 0.2) is 0 Å². The molecular weight excluding hydrogens is 256 g/mol. The van der Waals surface area contributed by atoms with Crippen LogP contribution in [-0.4, -0.2) is 32.3 Å². The zero-order chi connectivity index (χ0) is 14.2. The van der Waals surface area contributed by atoms with Crippen molar-refractivity contribution in [3.63, 3.8) is 0 Å². The van der Waals surface area contributed by atoms with Crippen molar-refractivity contribution in [2.75, 3.05) is 32.1 Å². The molecule has 1 atom stereocenters. The standard InChI is InChI=1S/C15H22N2O3/c16-13-3-1-2-4-14(13)20-10-7-15(18)17-8-5-12-6-9-19-11-12/h1-4,12H,5-11,16H2,(H,17,18). The second-order valence-corrected chi connectivity index (χ2v) is 5.00. The van der Waals surface area contributed by atoms with E-state index in [1.54, 1.807) is 12.1 Å². The number of hydrogen-bond donors (Lipinski definition) is 2. The van der Waals surface area contributed by atoms with Crippen LogP contribution in [0.15, 0.2) is 24.3 Å². The lowest BCUT2D eigenvalue weighted by molar-refractivity contribution is -0.121. The van der Waals surface area contributed by atoms with Crippen LogP contribution in [0, 0.1) is 5.92 Å². The number of benzene rings is 1. The highest BCUT2D eigenvalue weighted by atomic mass is 16.5. The van der Waals surface area contributed by atoms with Crippen LogP contribution >= 0.6 is 0 Å². The van der Waals surface area contributed by atoms with Gasteiger partial charge in [-0.2, -0.15) is 0 Å². The molecule has 1 aliphatic heterocycles. The van der Waals surface area contributed by atoms with Crippen LogP contribution in [0.1, 0.15) is 19.3 Å². The van der Waals surface area contributed by atoms with E-state index in [4.69, 9.17) is 15.2 Å². The minimum Gasteiger partial charge on any atom is -0.491 e. The number of nitrogens with one attached hydrogen (secondary N) is 1. The van der Waals surface area contributed by atoms with E-state index in [0.717, 1.165) is 26.1 Å². The first kappa shape index (κ1) is 14.7. The van der Waals surface area contributed by atoms with Gasteiger partial charge in [0.05, 0.1) is 18.7 Å². The highest BCUT2D eigenvalue weighted by Crippen LogP contribution is 2.19. The van der Waals surface area contributed by atoms with E-state index in [1.165, 1.54) is 0 Å². The third-order valence-electron chi connectivity index (χ3n) is 3.40. The lowest BCUT2D eigenvalue weighted by Gasteiger charge is -2.10. The quantitative estimate of drug-likeness (QED) is 0.743. The molecule has 110 valence electrons. The molecule has 0 spiro atoms. The zero-order valence-corrected chi connectivity index (χ0v) is 11.6. The van der Waals surface area contributed by atoms with Crippen molar-refractivity contribution in [1.82, 2.24) is 5.32 Å². The molecule has 1 saturated heterocycles. The van der Waals surface area contributed by atoms with Crippen molar-refractivity contribution in [2.24, 2.45) is 5.92 Å². The molecule has 1 aromatic carbocycles. The summed E-state index contributed by atoms with van der Waals surface area (Å²) >= 11 is 0. The van der Waals surface area contributed by atoms with E-state index in [0.29, 0.717) is 36.9 Å². The Hall–Kier alpha value is -1.75. The number of para-hydroxylation sites is 2. The van der Waals surface area contributed by atoms with Gasteiger partial charge >= 0.3 is 0 Å². The Kier molecular flexibility index (Phi) is 5.68. The van der Waals surface area contributed by atoms with Gasteiger partial charge in [0, 0.05) is 19.8 Å². The predicted octanol–water partition coefficient (Wildman–Crippen LogP) is 1.58. The average Bonchev–Trinajstić information content (AvgIpc) is 2.94. The molecule has 1 aromatic rings. The second kappa shape index (κ2) is 7.75. The summed E-state index contributed by atoms with van der Waals surface area (Å²) in [7, 11) is 0.